The number of carbonyl (C=O) groups is 1. The fourth-order valence-corrected chi connectivity index (χ4v) is 8.22. The molecule has 0 heterocycles. The summed E-state index contributed by atoms with van der Waals surface area (Å²) in [6.45, 7) is 5.89. The van der Waals surface area contributed by atoms with E-state index in [0.717, 1.165) is 82.9 Å². The highest BCUT2D eigenvalue weighted by Gasteiger charge is 2.57. The number of phenolic OH excluding ortho intramolecular Hbond substituents is 1. The van der Waals surface area contributed by atoms with Gasteiger partial charge < -0.3 is 19.8 Å². The van der Waals surface area contributed by atoms with Gasteiger partial charge in [0.1, 0.15) is 11.5 Å². The number of aliphatic hydroxyl groups excluding tert-OH is 1. The van der Waals surface area contributed by atoms with E-state index in [1.807, 2.05) is 19.2 Å². The summed E-state index contributed by atoms with van der Waals surface area (Å²) in [6, 6.07) is 14.7. The molecule has 0 aliphatic heterocycles. The van der Waals surface area contributed by atoms with Crippen molar-refractivity contribution in [2.24, 2.45) is 17.3 Å². The molecular formula is C37H49NO4. The molecule has 0 aromatic heterocycles. The van der Waals surface area contributed by atoms with Crippen molar-refractivity contribution >= 4 is 5.91 Å². The van der Waals surface area contributed by atoms with E-state index in [1.54, 1.807) is 4.90 Å². The first-order valence-electron chi connectivity index (χ1n) is 16.3. The van der Waals surface area contributed by atoms with Crippen LogP contribution in [0.1, 0.15) is 107 Å². The van der Waals surface area contributed by atoms with Crippen LogP contribution in [-0.2, 0) is 11.2 Å². The number of phenols is 1. The maximum absolute atomic E-state index is 12.0. The van der Waals surface area contributed by atoms with E-state index in [-0.39, 0.29) is 17.4 Å². The predicted octanol–water partition coefficient (Wildman–Crippen LogP) is 7.20. The van der Waals surface area contributed by atoms with Crippen LogP contribution >= 0.6 is 0 Å². The van der Waals surface area contributed by atoms with Gasteiger partial charge in [0.25, 0.3) is 5.91 Å². The van der Waals surface area contributed by atoms with E-state index in [2.05, 4.69) is 56.0 Å². The molecule has 0 radical (unpaired) electrons. The molecule has 5 heteroatoms. The van der Waals surface area contributed by atoms with Gasteiger partial charge in [-0.15, -0.1) is 0 Å². The van der Waals surface area contributed by atoms with E-state index in [9.17, 15) is 15.0 Å². The van der Waals surface area contributed by atoms with E-state index < -0.39 is 0 Å². The third-order valence-corrected chi connectivity index (χ3v) is 10.6. The molecule has 6 atom stereocenters. The molecule has 5 rings (SSSR count). The maximum atomic E-state index is 12.0. The molecule has 0 saturated heterocycles. The standard InChI is InChI=1S/C37H49NO4/c1-4-5-22-38(3)35(41)11-9-7-6-8-10-23-42-29-16-12-26(13-17-29)32-25-37(2)33(20-21-34(37)40)31-18-14-27-24-28(39)15-19-30(27)36(31)32/h12-13,15-17,19,24,31-34,36,39-40H,4-8,10,14,18,20-23,25H2,1-3H3/t31-,32+,33-,34-,36+,37-/m0/s1. The zero-order chi connectivity index (χ0) is 29.7. The monoisotopic (exact) mass is 571 g/mol. The molecule has 226 valence electrons. The predicted molar refractivity (Wildman–Crippen MR) is 168 cm³/mol. The number of hydrogen-bond donors (Lipinski definition) is 2. The largest absolute Gasteiger partial charge is 0.508 e. The molecule has 1 amide bonds. The lowest BCUT2D eigenvalue weighted by Crippen LogP contribution is -2.47. The zero-order valence-electron chi connectivity index (χ0n) is 25.8. The van der Waals surface area contributed by atoms with Crippen LogP contribution < -0.4 is 4.74 Å². The molecule has 2 saturated carbocycles. The maximum Gasteiger partial charge on any atom is 0.298 e. The van der Waals surface area contributed by atoms with Gasteiger partial charge in [-0.2, -0.15) is 0 Å². The molecule has 2 aromatic rings. The first-order chi connectivity index (χ1) is 20.3. The molecule has 2 fully saturated rings. The second-order valence-electron chi connectivity index (χ2n) is 13.2. The minimum atomic E-state index is -0.228. The molecule has 0 spiro atoms. The van der Waals surface area contributed by atoms with Crippen molar-refractivity contribution in [2.75, 3.05) is 20.2 Å². The van der Waals surface area contributed by atoms with Gasteiger partial charge in [-0.05, 0) is 134 Å². The van der Waals surface area contributed by atoms with Crippen LogP contribution in [0.15, 0.2) is 42.5 Å². The van der Waals surface area contributed by atoms with Crippen molar-refractivity contribution in [1.29, 1.82) is 0 Å². The Balaban J connectivity index is 1.16. The fraction of sp³-hybridized carbons (Fsp3) is 0.595. The number of unbranched alkanes of at least 4 members (excludes halogenated alkanes) is 4. The first kappa shape index (κ1) is 30.5. The van der Waals surface area contributed by atoms with Gasteiger partial charge in [0, 0.05) is 20.0 Å². The summed E-state index contributed by atoms with van der Waals surface area (Å²) in [4.78, 5) is 13.7. The summed E-state index contributed by atoms with van der Waals surface area (Å²) < 4.78 is 6.08. The molecule has 3 aliphatic carbocycles. The minimum Gasteiger partial charge on any atom is -0.508 e. The van der Waals surface area contributed by atoms with Gasteiger partial charge in [-0.25, -0.2) is 0 Å². The van der Waals surface area contributed by atoms with Crippen LogP contribution in [0, 0.1) is 29.1 Å². The summed E-state index contributed by atoms with van der Waals surface area (Å²) >= 11 is 0. The number of rotatable bonds is 10. The van der Waals surface area contributed by atoms with Crippen molar-refractivity contribution in [1.82, 2.24) is 4.90 Å². The number of amides is 1. The Morgan fingerprint density at radius 1 is 1.07 bits per heavy atom. The van der Waals surface area contributed by atoms with Crippen LogP contribution in [0.2, 0.25) is 0 Å². The van der Waals surface area contributed by atoms with E-state index >= 15 is 0 Å². The Labute approximate surface area is 252 Å². The minimum absolute atomic E-state index is 0.0436. The van der Waals surface area contributed by atoms with E-state index in [4.69, 9.17) is 4.74 Å². The summed E-state index contributed by atoms with van der Waals surface area (Å²) in [7, 11) is 1.82. The summed E-state index contributed by atoms with van der Waals surface area (Å²) in [5.74, 6) is 8.82. The molecule has 3 aliphatic rings. The molecule has 0 unspecified atom stereocenters. The van der Waals surface area contributed by atoms with Gasteiger partial charge in [0.2, 0.25) is 0 Å². The fourth-order valence-electron chi connectivity index (χ4n) is 8.22. The van der Waals surface area contributed by atoms with Crippen LogP contribution in [0.25, 0.3) is 0 Å². The first-order valence-corrected chi connectivity index (χ1v) is 16.3. The van der Waals surface area contributed by atoms with Crippen molar-refractivity contribution < 1.29 is 19.7 Å². The van der Waals surface area contributed by atoms with Gasteiger partial charge in [-0.3, -0.25) is 4.79 Å². The topological polar surface area (TPSA) is 70.0 Å². The summed E-state index contributed by atoms with van der Waals surface area (Å²) in [6.07, 6.45) is 10.7. The van der Waals surface area contributed by atoms with Crippen molar-refractivity contribution in [3.63, 3.8) is 0 Å². The number of carbonyl (C=O) groups excluding carboxylic acids is 1. The lowest BCUT2D eigenvalue weighted by atomic mass is 9.51. The number of fused-ring (bicyclic) bond motifs is 5. The van der Waals surface area contributed by atoms with Crippen molar-refractivity contribution in [2.45, 2.75) is 102 Å². The quantitative estimate of drug-likeness (QED) is 0.234. The smallest absolute Gasteiger partial charge is 0.298 e. The summed E-state index contributed by atoms with van der Waals surface area (Å²) in [5, 5.41) is 21.3. The van der Waals surface area contributed by atoms with Crippen LogP contribution in [0.3, 0.4) is 0 Å². The van der Waals surface area contributed by atoms with Crippen molar-refractivity contribution in [3.8, 4) is 23.3 Å². The Hall–Kier alpha value is -2.97. The number of ether oxygens (including phenoxy) is 1. The number of nitrogens with zero attached hydrogens (tertiary/aromatic N) is 1. The average molecular weight is 572 g/mol. The van der Waals surface area contributed by atoms with Gasteiger partial charge in [0.15, 0.2) is 0 Å². The normalized spacial score (nSPS) is 27.7. The number of aliphatic hydroxyl groups is 1. The Morgan fingerprint density at radius 3 is 2.67 bits per heavy atom. The van der Waals surface area contributed by atoms with E-state index in [1.165, 1.54) is 16.7 Å². The second kappa shape index (κ2) is 13.6. The number of hydrogen-bond acceptors (Lipinski definition) is 4. The lowest BCUT2D eigenvalue weighted by Gasteiger charge is -2.54. The SMILES string of the molecule is CCCCN(C)C(=O)C#CCCCCCOc1ccc([C@H]2C[C@]3(C)[C@@H](O)CC[C@H]3[C@@H]3CCc4cc(O)ccc4[C@H]32)cc1. The van der Waals surface area contributed by atoms with Gasteiger partial charge in [0.05, 0.1) is 12.7 Å². The lowest BCUT2D eigenvalue weighted by molar-refractivity contribution is -0.123. The Kier molecular flexibility index (Phi) is 9.84. The summed E-state index contributed by atoms with van der Waals surface area (Å²) in [5.41, 5.74) is 3.97. The van der Waals surface area contributed by atoms with Crippen LogP contribution in [-0.4, -0.2) is 47.3 Å². The molecule has 2 N–H and O–H groups in total. The van der Waals surface area contributed by atoms with Gasteiger partial charge in [-0.1, -0.05) is 44.4 Å². The highest BCUT2D eigenvalue weighted by atomic mass is 16.5. The Morgan fingerprint density at radius 2 is 1.88 bits per heavy atom. The van der Waals surface area contributed by atoms with Crippen LogP contribution in [0.5, 0.6) is 11.5 Å². The zero-order valence-corrected chi connectivity index (χ0v) is 25.8. The Bertz CT molecular complexity index is 1280. The number of benzene rings is 2. The van der Waals surface area contributed by atoms with Crippen molar-refractivity contribution in [3.05, 3.63) is 59.2 Å². The second-order valence-corrected chi connectivity index (χ2v) is 13.2. The van der Waals surface area contributed by atoms with Crippen LogP contribution in [0.4, 0.5) is 0 Å². The molecular weight excluding hydrogens is 522 g/mol. The number of aryl methyl sites for hydroxylation is 1. The molecule has 5 nitrogen and oxygen atoms in total. The highest BCUT2D eigenvalue weighted by Crippen LogP contribution is 2.65. The highest BCUT2D eigenvalue weighted by molar-refractivity contribution is 5.93. The third-order valence-electron chi connectivity index (χ3n) is 10.6. The van der Waals surface area contributed by atoms with E-state index in [0.29, 0.717) is 36.0 Å². The number of aromatic hydroxyl groups is 1. The van der Waals surface area contributed by atoms with Gasteiger partial charge >= 0.3 is 0 Å². The molecule has 2 aromatic carbocycles. The molecule has 0 bridgehead atoms. The average Bonchev–Trinajstić information content (AvgIpc) is 3.30. The molecule has 42 heavy (non-hydrogen) atoms. The third kappa shape index (κ3) is 6.50.